The Morgan fingerprint density at radius 3 is 2.44 bits per heavy atom. The zero-order valence-electron chi connectivity index (χ0n) is 16.9. The molecule has 0 aromatic heterocycles. The van der Waals surface area contributed by atoms with Crippen molar-refractivity contribution in [2.24, 2.45) is 5.10 Å². The number of hydrogen-bond donors (Lipinski definition) is 1. The first-order valence-electron chi connectivity index (χ1n) is 10.4. The van der Waals surface area contributed by atoms with Crippen molar-refractivity contribution in [3.8, 4) is 11.5 Å². The summed E-state index contributed by atoms with van der Waals surface area (Å²) in [7, 11) is 0. The lowest BCUT2D eigenvalue weighted by molar-refractivity contribution is -0.0203. The molecule has 0 saturated heterocycles. The van der Waals surface area contributed by atoms with Gasteiger partial charge < -0.3 is 9.84 Å². The van der Waals surface area contributed by atoms with Crippen molar-refractivity contribution in [3.05, 3.63) is 106 Å². The Labute approximate surface area is 195 Å². The quantitative estimate of drug-likeness (QED) is 0.347. The molecule has 0 amide bonds. The molecule has 32 heavy (non-hydrogen) atoms. The van der Waals surface area contributed by atoms with Gasteiger partial charge in [-0.15, -0.1) is 0 Å². The van der Waals surface area contributed by atoms with Crippen molar-refractivity contribution in [3.63, 3.8) is 0 Å². The number of halogens is 2. The molecule has 0 radical (unpaired) electrons. The van der Waals surface area contributed by atoms with Gasteiger partial charge in [-0.05, 0) is 58.8 Å². The van der Waals surface area contributed by atoms with Crippen molar-refractivity contribution >= 4 is 39.7 Å². The summed E-state index contributed by atoms with van der Waals surface area (Å²) < 4.78 is 6.32. The second-order valence-corrected chi connectivity index (χ2v) is 8.94. The van der Waals surface area contributed by atoms with E-state index in [0.29, 0.717) is 22.0 Å². The molecule has 4 aromatic carbocycles. The summed E-state index contributed by atoms with van der Waals surface area (Å²) in [5, 5.41) is 21.0. The maximum Gasteiger partial charge on any atom is 0.217 e. The molecule has 0 saturated carbocycles. The first-order chi connectivity index (χ1) is 15.6. The van der Waals surface area contributed by atoms with Gasteiger partial charge in [-0.2, -0.15) is 5.10 Å². The molecule has 4 aromatic rings. The summed E-state index contributed by atoms with van der Waals surface area (Å²) in [5.74, 6) is 0.847. The average molecular weight is 461 g/mol. The number of nitrogens with zero attached hydrogens (tertiary/aromatic N) is 2. The minimum absolute atomic E-state index is 0.0673. The summed E-state index contributed by atoms with van der Waals surface area (Å²) in [6, 6.07) is 25.2. The van der Waals surface area contributed by atoms with Crippen LogP contribution in [0.1, 0.15) is 35.4 Å². The van der Waals surface area contributed by atoms with Crippen LogP contribution in [0.25, 0.3) is 10.8 Å². The number of phenols is 1. The smallest absolute Gasteiger partial charge is 0.217 e. The molecule has 0 fully saturated rings. The third-order valence-electron chi connectivity index (χ3n) is 6.09. The Kier molecular flexibility index (Phi) is 4.53. The lowest BCUT2D eigenvalue weighted by Crippen LogP contribution is -2.33. The molecule has 6 heteroatoms. The molecule has 6 rings (SSSR count). The molecule has 0 spiro atoms. The predicted molar refractivity (Wildman–Crippen MR) is 128 cm³/mol. The minimum Gasteiger partial charge on any atom is -0.507 e. The minimum atomic E-state index is -0.606. The van der Waals surface area contributed by atoms with Gasteiger partial charge in [0.15, 0.2) is 0 Å². The summed E-state index contributed by atoms with van der Waals surface area (Å²) in [4.78, 5) is 0. The van der Waals surface area contributed by atoms with E-state index in [1.807, 2.05) is 35.3 Å². The highest BCUT2D eigenvalue weighted by atomic mass is 35.5. The van der Waals surface area contributed by atoms with E-state index in [1.54, 1.807) is 18.2 Å². The second kappa shape index (κ2) is 7.44. The highest BCUT2D eigenvalue weighted by Crippen LogP contribution is 2.49. The Morgan fingerprint density at radius 1 is 0.844 bits per heavy atom. The van der Waals surface area contributed by atoms with Gasteiger partial charge in [0.1, 0.15) is 11.5 Å². The molecule has 2 unspecified atom stereocenters. The van der Waals surface area contributed by atoms with E-state index in [9.17, 15) is 5.11 Å². The van der Waals surface area contributed by atoms with E-state index in [4.69, 9.17) is 33.0 Å². The summed E-state index contributed by atoms with van der Waals surface area (Å²) in [6.45, 7) is 0. The van der Waals surface area contributed by atoms with Gasteiger partial charge in [-0.3, -0.25) is 0 Å². The monoisotopic (exact) mass is 460 g/mol. The number of phenolic OH excluding ortho intramolecular Hbond substituents is 1. The molecule has 0 aliphatic carbocycles. The van der Waals surface area contributed by atoms with Gasteiger partial charge in [0, 0.05) is 22.0 Å². The van der Waals surface area contributed by atoms with Crippen LogP contribution in [0.2, 0.25) is 10.0 Å². The highest BCUT2D eigenvalue weighted by Gasteiger charge is 2.42. The van der Waals surface area contributed by atoms with E-state index in [2.05, 4.69) is 30.3 Å². The number of fused-ring (bicyclic) bond motifs is 4. The van der Waals surface area contributed by atoms with Crippen molar-refractivity contribution in [2.45, 2.75) is 18.7 Å². The first-order valence-corrected chi connectivity index (χ1v) is 11.1. The number of ether oxygens (including phenoxy) is 1. The molecule has 2 atom stereocenters. The molecule has 0 bridgehead atoms. The molecule has 158 valence electrons. The third-order valence-corrected chi connectivity index (χ3v) is 6.56. The standard InChI is InChI=1S/C26H18Cl2N2O2/c27-18-7-9-24(31)21(13-18)26-30-23(20-12-19(28)8-10-25(20)32-26)14-22(29-30)17-6-5-15-3-1-2-4-16(15)11-17/h1-13,23,26,31H,14H2. The second-order valence-electron chi connectivity index (χ2n) is 8.06. The summed E-state index contributed by atoms with van der Waals surface area (Å²) in [5.41, 5.74) is 3.58. The van der Waals surface area contributed by atoms with Crippen LogP contribution >= 0.6 is 23.2 Å². The fraction of sp³-hybridized carbons (Fsp3) is 0.115. The molecule has 1 N–H and O–H groups in total. The SMILES string of the molecule is Oc1ccc(Cl)cc1C1Oc2ccc(Cl)cc2C2CC(c3ccc4ccccc4c3)=NN21. The predicted octanol–water partition coefficient (Wildman–Crippen LogP) is 7.09. The lowest BCUT2D eigenvalue weighted by atomic mass is 9.95. The summed E-state index contributed by atoms with van der Waals surface area (Å²) >= 11 is 12.6. The summed E-state index contributed by atoms with van der Waals surface area (Å²) in [6.07, 6.45) is 0.0951. The molecule has 2 aliphatic rings. The Morgan fingerprint density at radius 2 is 1.59 bits per heavy atom. The van der Waals surface area contributed by atoms with Crippen molar-refractivity contribution < 1.29 is 9.84 Å². The van der Waals surface area contributed by atoms with Crippen LogP contribution in [-0.2, 0) is 0 Å². The third kappa shape index (κ3) is 3.19. The van der Waals surface area contributed by atoms with Crippen molar-refractivity contribution in [1.29, 1.82) is 0 Å². The van der Waals surface area contributed by atoms with Gasteiger partial charge in [0.05, 0.1) is 17.3 Å². The number of hydrazone groups is 1. The number of hydrogen-bond acceptors (Lipinski definition) is 4. The fourth-order valence-electron chi connectivity index (χ4n) is 4.53. The molecular formula is C26H18Cl2N2O2. The van der Waals surface area contributed by atoms with Crippen LogP contribution in [0.5, 0.6) is 11.5 Å². The maximum absolute atomic E-state index is 10.6. The topological polar surface area (TPSA) is 45.1 Å². The van der Waals surface area contributed by atoms with Crippen LogP contribution in [0.4, 0.5) is 0 Å². The lowest BCUT2D eigenvalue weighted by Gasteiger charge is -2.38. The van der Waals surface area contributed by atoms with Gasteiger partial charge >= 0.3 is 0 Å². The zero-order chi connectivity index (χ0) is 21.8. The average Bonchev–Trinajstić information content (AvgIpc) is 3.26. The molecule has 2 aliphatic heterocycles. The maximum atomic E-state index is 10.6. The van der Waals surface area contributed by atoms with Gasteiger partial charge in [0.25, 0.3) is 0 Å². The first kappa shape index (κ1) is 19.5. The van der Waals surface area contributed by atoms with E-state index in [-0.39, 0.29) is 11.8 Å². The van der Waals surface area contributed by atoms with Crippen LogP contribution < -0.4 is 4.74 Å². The van der Waals surface area contributed by atoms with Crippen LogP contribution in [0.15, 0.2) is 84.0 Å². The molecule has 4 nitrogen and oxygen atoms in total. The number of benzene rings is 4. The Hall–Kier alpha value is -3.21. The van der Waals surface area contributed by atoms with Crippen LogP contribution in [0.3, 0.4) is 0 Å². The van der Waals surface area contributed by atoms with Crippen LogP contribution in [-0.4, -0.2) is 15.8 Å². The van der Waals surface area contributed by atoms with Crippen LogP contribution in [0, 0.1) is 0 Å². The van der Waals surface area contributed by atoms with Gasteiger partial charge in [-0.1, -0.05) is 59.6 Å². The normalized spacial score (nSPS) is 19.3. The number of aromatic hydroxyl groups is 1. The van der Waals surface area contributed by atoms with Crippen molar-refractivity contribution in [1.82, 2.24) is 5.01 Å². The molecular weight excluding hydrogens is 443 g/mol. The Balaban J connectivity index is 1.48. The number of rotatable bonds is 2. The van der Waals surface area contributed by atoms with E-state index in [0.717, 1.165) is 22.6 Å². The largest absolute Gasteiger partial charge is 0.507 e. The van der Waals surface area contributed by atoms with Crippen molar-refractivity contribution in [2.75, 3.05) is 0 Å². The van der Waals surface area contributed by atoms with Gasteiger partial charge in [-0.25, -0.2) is 5.01 Å². The Bertz CT molecular complexity index is 1400. The van der Waals surface area contributed by atoms with Gasteiger partial charge in [0.2, 0.25) is 6.23 Å². The fourth-order valence-corrected chi connectivity index (χ4v) is 4.89. The molecule has 2 heterocycles. The zero-order valence-corrected chi connectivity index (χ0v) is 18.4. The van der Waals surface area contributed by atoms with E-state index < -0.39 is 6.23 Å². The van der Waals surface area contributed by atoms with E-state index >= 15 is 0 Å². The highest BCUT2D eigenvalue weighted by molar-refractivity contribution is 6.31. The van der Waals surface area contributed by atoms with E-state index in [1.165, 1.54) is 10.8 Å².